The normalized spacial score (nSPS) is 14.8. The highest BCUT2D eigenvalue weighted by Gasteiger charge is 2.30. The molecule has 0 rings (SSSR count). The summed E-state index contributed by atoms with van der Waals surface area (Å²) >= 11 is 1.78. The summed E-state index contributed by atoms with van der Waals surface area (Å²) in [7, 11) is 0. The van der Waals surface area contributed by atoms with Crippen LogP contribution in [0.3, 0.4) is 0 Å². The molecule has 1 N–H and O–H groups in total. The molecule has 0 aliphatic carbocycles. The van der Waals surface area contributed by atoms with Crippen molar-refractivity contribution in [1.29, 1.82) is 0 Å². The Morgan fingerprint density at radius 1 is 1.36 bits per heavy atom. The van der Waals surface area contributed by atoms with E-state index in [9.17, 15) is 5.11 Å². The molecule has 0 spiro atoms. The second-order valence-corrected chi connectivity index (χ2v) is 6.09. The quantitative estimate of drug-likeness (QED) is 0.669. The number of rotatable bonds is 7. The average molecular weight is 220 g/mol. The zero-order valence-electron chi connectivity index (χ0n) is 10.0. The van der Waals surface area contributed by atoms with Crippen LogP contribution >= 0.6 is 11.8 Å². The fourth-order valence-electron chi connectivity index (χ4n) is 1.40. The summed E-state index contributed by atoms with van der Waals surface area (Å²) in [5, 5.41) is 9.95. The molecule has 0 radical (unpaired) electrons. The van der Waals surface area contributed by atoms with Crippen LogP contribution in [0.1, 0.15) is 34.6 Å². The van der Waals surface area contributed by atoms with Crippen molar-refractivity contribution in [2.24, 2.45) is 5.92 Å². The Bertz CT molecular complexity index is 146. The topological polar surface area (TPSA) is 29.5 Å². The van der Waals surface area contributed by atoms with E-state index >= 15 is 0 Å². The molecule has 0 aromatic heterocycles. The zero-order valence-corrected chi connectivity index (χ0v) is 10.9. The van der Waals surface area contributed by atoms with Gasteiger partial charge in [0.25, 0.3) is 0 Å². The van der Waals surface area contributed by atoms with Crippen LogP contribution in [0.25, 0.3) is 0 Å². The Kier molecular flexibility index (Phi) is 6.83. The van der Waals surface area contributed by atoms with Gasteiger partial charge in [-0.3, -0.25) is 0 Å². The molecule has 0 heterocycles. The van der Waals surface area contributed by atoms with Gasteiger partial charge >= 0.3 is 0 Å². The lowest BCUT2D eigenvalue weighted by molar-refractivity contribution is 0.0952. The van der Waals surface area contributed by atoms with Gasteiger partial charge in [0, 0.05) is 17.1 Å². The lowest BCUT2D eigenvalue weighted by Gasteiger charge is -2.32. The standard InChI is InChI=1S/C11H24O2S/c1-6-13-7-8-14-11(4,5)10(12)9(2)3/h9-10,12H,6-8H2,1-5H3/t10-/m1/s1. The van der Waals surface area contributed by atoms with Crippen molar-refractivity contribution in [1.82, 2.24) is 0 Å². The first kappa shape index (κ1) is 14.3. The summed E-state index contributed by atoms with van der Waals surface area (Å²) in [5.41, 5.74) is 0. The Labute approximate surface area is 92.4 Å². The first-order valence-corrected chi connectivity index (χ1v) is 6.30. The molecule has 0 unspecified atom stereocenters. The smallest absolute Gasteiger partial charge is 0.0704 e. The van der Waals surface area contributed by atoms with E-state index in [2.05, 4.69) is 27.7 Å². The van der Waals surface area contributed by atoms with Crippen LogP contribution < -0.4 is 0 Å². The second kappa shape index (κ2) is 6.70. The van der Waals surface area contributed by atoms with Crippen LogP contribution in [0.15, 0.2) is 0 Å². The van der Waals surface area contributed by atoms with E-state index in [0.29, 0.717) is 5.92 Å². The van der Waals surface area contributed by atoms with Gasteiger partial charge in [0.2, 0.25) is 0 Å². The molecule has 0 fully saturated rings. The monoisotopic (exact) mass is 220 g/mol. The molecule has 0 aliphatic heterocycles. The van der Waals surface area contributed by atoms with Gasteiger partial charge in [-0.25, -0.2) is 0 Å². The van der Waals surface area contributed by atoms with Gasteiger partial charge in [-0.1, -0.05) is 13.8 Å². The number of ether oxygens (including phenoxy) is 1. The minimum absolute atomic E-state index is 0.0781. The molecular weight excluding hydrogens is 196 g/mol. The zero-order chi connectivity index (χ0) is 11.2. The lowest BCUT2D eigenvalue weighted by Crippen LogP contribution is -2.37. The molecule has 3 heteroatoms. The maximum absolute atomic E-state index is 9.95. The van der Waals surface area contributed by atoms with E-state index < -0.39 is 0 Å². The number of aliphatic hydroxyl groups is 1. The first-order valence-electron chi connectivity index (χ1n) is 5.31. The second-order valence-electron chi connectivity index (χ2n) is 4.34. The molecule has 0 amide bonds. The fourth-order valence-corrected chi connectivity index (χ4v) is 2.57. The third-order valence-electron chi connectivity index (χ3n) is 2.25. The number of thioether (sulfide) groups is 1. The molecule has 0 aromatic rings. The van der Waals surface area contributed by atoms with E-state index in [-0.39, 0.29) is 10.9 Å². The van der Waals surface area contributed by atoms with Crippen molar-refractivity contribution in [3.63, 3.8) is 0 Å². The van der Waals surface area contributed by atoms with Crippen LogP contribution in [0.2, 0.25) is 0 Å². The van der Waals surface area contributed by atoms with Crippen molar-refractivity contribution in [3.05, 3.63) is 0 Å². The molecular formula is C11H24O2S. The van der Waals surface area contributed by atoms with Crippen LogP contribution in [0.4, 0.5) is 0 Å². The summed E-state index contributed by atoms with van der Waals surface area (Å²) < 4.78 is 5.19. The number of aliphatic hydroxyl groups excluding tert-OH is 1. The van der Waals surface area contributed by atoms with Gasteiger partial charge in [-0.05, 0) is 26.7 Å². The molecule has 0 saturated heterocycles. The van der Waals surface area contributed by atoms with Gasteiger partial charge in [0.05, 0.1) is 12.7 Å². The summed E-state index contributed by atoms with van der Waals surface area (Å²) in [6.45, 7) is 11.8. The van der Waals surface area contributed by atoms with Gasteiger partial charge < -0.3 is 9.84 Å². The fraction of sp³-hybridized carbons (Fsp3) is 1.00. The highest BCUT2D eigenvalue weighted by molar-refractivity contribution is 8.00. The summed E-state index contributed by atoms with van der Waals surface area (Å²) in [4.78, 5) is 0. The van der Waals surface area contributed by atoms with Crippen molar-refractivity contribution < 1.29 is 9.84 Å². The van der Waals surface area contributed by atoms with E-state index in [1.54, 1.807) is 11.8 Å². The molecule has 0 aromatic carbocycles. The van der Waals surface area contributed by atoms with Crippen LogP contribution in [0.5, 0.6) is 0 Å². The Morgan fingerprint density at radius 2 is 1.93 bits per heavy atom. The summed E-state index contributed by atoms with van der Waals surface area (Å²) in [6.07, 6.45) is -0.255. The largest absolute Gasteiger partial charge is 0.391 e. The van der Waals surface area contributed by atoms with Crippen LogP contribution in [-0.2, 0) is 4.74 Å². The van der Waals surface area contributed by atoms with Gasteiger partial charge in [0.15, 0.2) is 0 Å². The molecule has 14 heavy (non-hydrogen) atoms. The van der Waals surface area contributed by atoms with Crippen molar-refractivity contribution in [3.8, 4) is 0 Å². The predicted octanol–water partition coefficient (Wildman–Crippen LogP) is 2.55. The average Bonchev–Trinajstić information content (AvgIpc) is 2.11. The molecule has 0 bridgehead atoms. The van der Waals surface area contributed by atoms with E-state index in [1.807, 2.05) is 6.92 Å². The van der Waals surface area contributed by atoms with Gasteiger partial charge in [0.1, 0.15) is 0 Å². The number of hydrogen-bond acceptors (Lipinski definition) is 3. The van der Waals surface area contributed by atoms with Crippen molar-refractivity contribution in [2.75, 3.05) is 19.0 Å². The molecule has 86 valence electrons. The van der Waals surface area contributed by atoms with Crippen molar-refractivity contribution in [2.45, 2.75) is 45.5 Å². The minimum atomic E-state index is -0.255. The van der Waals surface area contributed by atoms with E-state index in [4.69, 9.17) is 4.74 Å². The van der Waals surface area contributed by atoms with Crippen LogP contribution in [0, 0.1) is 5.92 Å². The SMILES string of the molecule is CCOCCSC(C)(C)[C@H](O)C(C)C. The maximum atomic E-state index is 9.95. The van der Waals surface area contributed by atoms with E-state index in [1.165, 1.54) is 0 Å². The third-order valence-corrected chi connectivity index (χ3v) is 3.61. The van der Waals surface area contributed by atoms with Gasteiger partial charge in [-0.15, -0.1) is 0 Å². The molecule has 2 nitrogen and oxygen atoms in total. The lowest BCUT2D eigenvalue weighted by atomic mass is 9.96. The highest BCUT2D eigenvalue weighted by Crippen LogP contribution is 2.31. The summed E-state index contributed by atoms with van der Waals surface area (Å²) in [6, 6.07) is 0. The van der Waals surface area contributed by atoms with E-state index in [0.717, 1.165) is 19.0 Å². The molecule has 0 aliphatic rings. The maximum Gasteiger partial charge on any atom is 0.0704 e. The van der Waals surface area contributed by atoms with Gasteiger partial charge in [-0.2, -0.15) is 11.8 Å². The van der Waals surface area contributed by atoms with Crippen molar-refractivity contribution >= 4 is 11.8 Å². The Hall–Kier alpha value is 0.270. The third kappa shape index (κ3) is 5.23. The molecule has 1 atom stereocenters. The predicted molar refractivity (Wildman–Crippen MR) is 63.9 cm³/mol. The van der Waals surface area contributed by atoms with Crippen LogP contribution in [-0.4, -0.2) is 34.9 Å². The Balaban J connectivity index is 3.82. The minimum Gasteiger partial charge on any atom is -0.391 e. The highest BCUT2D eigenvalue weighted by atomic mass is 32.2. The number of hydrogen-bond donors (Lipinski definition) is 1. The molecule has 0 saturated carbocycles. The Morgan fingerprint density at radius 3 is 2.36 bits per heavy atom. The first-order chi connectivity index (χ1) is 6.41. The summed E-state index contributed by atoms with van der Waals surface area (Å²) in [5.74, 6) is 1.26.